The van der Waals surface area contributed by atoms with Crippen LogP contribution in [0.15, 0.2) is 78.4 Å². The number of aliphatic hydroxyl groups is 1. The van der Waals surface area contributed by atoms with Gasteiger partial charge in [0.1, 0.15) is 5.76 Å². The van der Waals surface area contributed by atoms with Gasteiger partial charge < -0.3 is 10.2 Å². The molecule has 12 heteroatoms. The number of rotatable bonds is 4. The van der Waals surface area contributed by atoms with Crippen LogP contribution in [0.2, 0.25) is 0 Å². The lowest BCUT2D eigenvalue weighted by Gasteiger charge is -2.26. The summed E-state index contributed by atoms with van der Waals surface area (Å²) in [6.45, 7) is 0. The average molecular weight is 535 g/mol. The number of aliphatic hydroxyl groups excluding tert-OH is 1. The first-order chi connectivity index (χ1) is 17.7. The molecule has 0 radical (unpaired) electrons. The monoisotopic (exact) mass is 535 g/mol. The van der Waals surface area contributed by atoms with Crippen LogP contribution in [0.25, 0.3) is 5.76 Å². The number of alkyl halides is 6. The number of Topliss-reactive ketones (excluding diaryl/α,β-unsaturated/α-hetero) is 1. The summed E-state index contributed by atoms with van der Waals surface area (Å²) in [5, 5.41) is 20.3. The van der Waals surface area contributed by atoms with Crippen LogP contribution >= 0.6 is 0 Å². The van der Waals surface area contributed by atoms with Crippen molar-refractivity contribution in [3.63, 3.8) is 0 Å². The van der Waals surface area contributed by atoms with Gasteiger partial charge in [-0.3, -0.25) is 14.5 Å². The highest BCUT2D eigenvalue weighted by atomic mass is 19.4. The lowest BCUT2D eigenvalue weighted by molar-refractivity contribution is -0.138. The molecule has 1 atom stereocenters. The van der Waals surface area contributed by atoms with Gasteiger partial charge in [-0.15, -0.1) is 0 Å². The van der Waals surface area contributed by atoms with Crippen LogP contribution in [0.3, 0.4) is 0 Å². The van der Waals surface area contributed by atoms with Crippen LogP contribution in [-0.2, 0) is 21.9 Å². The number of benzene rings is 3. The maximum Gasteiger partial charge on any atom is 0.416 e. The predicted octanol–water partition coefficient (Wildman–Crippen LogP) is 6.05. The number of ketones is 1. The van der Waals surface area contributed by atoms with E-state index in [1.54, 1.807) is 0 Å². The molecular weight excluding hydrogens is 520 g/mol. The quantitative estimate of drug-likeness (QED) is 0.184. The van der Waals surface area contributed by atoms with Crippen molar-refractivity contribution in [2.45, 2.75) is 18.4 Å². The number of carboxylic acid groups (broad SMARTS) is 1. The molecule has 6 nitrogen and oxygen atoms in total. The predicted molar refractivity (Wildman–Crippen MR) is 121 cm³/mol. The Labute approximate surface area is 210 Å². The fourth-order valence-corrected chi connectivity index (χ4v) is 4.09. The Morgan fingerprint density at radius 2 is 1.29 bits per heavy atom. The van der Waals surface area contributed by atoms with Crippen molar-refractivity contribution in [1.82, 2.24) is 0 Å². The van der Waals surface area contributed by atoms with Gasteiger partial charge >= 0.3 is 18.3 Å². The molecule has 0 saturated carbocycles. The number of hydrogen-bond donors (Lipinski definition) is 2. The standard InChI is InChI=1S/C26H15F6NO5/c27-25(28,29)16-7-1-4-13(10-16)20-19(21(34)14-5-2-8-17(11-14)26(30,31)32)22(35)23(36)33(20)18-9-3-6-15(12-18)24(37)38/h1-12,20,34H,(H,37,38)/b21-19+/t20-/m0/s1. The molecule has 1 amide bonds. The van der Waals surface area contributed by atoms with Crippen molar-refractivity contribution in [2.75, 3.05) is 4.90 Å². The summed E-state index contributed by atoms with van der Waals surface area (Å²) in [5.74, 6) is -5.16. The van der Waals surface area contributed by atoms with Gasteiger partial charge in [0, 0.05) is 11.3 Å². The third-order valence-corrected chi connectivity index (χ3v) is 5.81. The van der Waals surface area contributed by atoms with Crippen LogP contribution in [0.4, 0.5) is 32.0 Å². The summed E-state index contributed by atoms with van der Waals surface area (Å²) in [4.78, 5) is 38.4. The molecule has 3 aromatic rings. The zero-order valence-corrected chi connectivity index (χ0v) is 18.8. The number of carboxylic acids is 1. The largest absolute Gasteiger partial charge is 0.507 e. The number of carbonyl (C=O) groups is 3. The molecule has 1 aliphatic rings. The highest BCUT2D eigenvalue weighted by molar-refractivity contribution is 6.51. The minimum atomic E-state index is -4.83. The van der Waals surface area contributed by atoms with Gasteiger partial charge in [0.15, 0.2) is 0 Å². The smallest absolute Gasteiger partial charge is 0.416 e. The Balaban J connectivity index is 1.99. The summed E-state index contributed by atoms with van der Waals surface area (Å²) < 4.78 is 80.1. The molecule has 4 rings (SSSR count). The van der Waals surface area contributed by atoms with Crippen molar-refractivity contribution < 1.29 is 50.9 Å². The van der Waals surface area contributed by atoms with Crippen LogP contribution in [0.5, 0.6) is 0 Å². The summed E-state index contributed by atoms with van der Waals surface area (Å²) in [6.07, 6.45) is -9.65. The van der Waals surface area contributed by atoms with E-state index in [1.165, 1.54) is 18.2 Å². The van der Waals surface area contributed by atoms with Gasteiger partial charge in [-0.05, 0) is 48.0 Å². The zero-order chi connectivity index (χ0) is 28.0. The van der Waals surface area contributed by atoms with E-state index in [2.05, 4.69) is 0 Å². The molecule has 3 aromatic carbocycles. The molecule has 0 spiro atoms. The van der Waals surface area contributed by atoms with Gasteiger partial charge in [-0.2, -0.15) is 26.3 Å². The van der Waals surface area contributed by atoms with Crippen molar-refractivity contribution in [3.8, 4) is 0 Å². The Morgan fingerprint density at radius 3 is 1.89 bits per heavy atom. The second-order valence-electron chi connectivity index (χ2n) is 8.23. The van der Waals surface area contributed by atoms with E-state index in [-0.39, 0.29) is 16.8 Å². The average Bonchev–Trinajstić information content (AvgIpc) is 3.13. The number of carbonyl (C=O) groups excluding carboxylic acids is 2. The van der Waals surface area contributed by atoms with Crippen molar-refractivity contribution in [2.24, 2.45) is 0 Å². The van der Waals surface area contributed by atoms with E-state index < -0.39 is 64.1 Å². The van der Waals surface area contributed by atoms with Crippen LogP contribution in [0, 0.1) is 0 Å². The molecule has 0 bridgehead atoms. The van der Waals surface area contributed by atoms with Crippen molar-refractivity contribution in [1.29, 1.82) is 0 Å². The number of halogens is 6. The lowest BCUT2D eigenvalue weighted by atomic mass is 9.93. The molecule has 38 heavy (non-hydrogen) atoms. The highest BCUT2D eigenvalue weighted by Gasteiger charge is 2.47. The van der Waals surface area contributed by atoms with E-state index in [4.69, 9.17) is 0 Å². The van der Waals surface area contributed by atoms with E-state index in [0.717, 1.165) is 36.4 Å². The maximum absolute atomic E-state index is 13.5. The van der Waals surface area contributed by atoms with E-state index >= 15 is 0 Å². The molecule has 0 aliphatic carbocycles. The Morgan fingerprint density at radius 1 is 0.737 bits per heavy atom. The minimum absolute atomic E-state index is 0.197. The number of hydrogen-bond acceptors (Lipinski definition) is 4. The summed E-state index contributed by atoms with van der Waals surface area (Å²) >= 11 is 0. The molecule has 1 aliphatic heterocycles. The molecule has 2 N–H and O–H groups in total. The topological polar surface area (TPSA) is 94.9 Å². The zero-order valence-electron chi connectivity index (χ0n) is 18.8. The number of amides is 1. The first-order valence-corrected chi connectivity index (χ1v) is 10.7. The van der Waals surface area contributed by atoms with Crippen LogP contribution < -0.4 is 4.90 Å². The van der Waals surface area contributed by atoms with E-state index in [9.17, 15) is 50.9 Å². The van der Waals surface area contributed by atoms with Crippen molar-refractivity contribution >= 4 is 29.1 Å². The van der Waals surface area contributed by atoms with Crippen LogP contribution in [0.1, 0.15) is 38.7 Å². The fraction of sp³-hybridized carbons (Fsp3) is 0.115. The van der Waals surface area contributed by atoms with Crippen molar-refractivity contribution in [3.05, 3.63) is 106 Å². The minimum Gasteiger partial charge on any atom is -0.507 e. The van der Waals surface area contributed by atoms with Gasteiger partial charge in [-0.25, -0.2) is 4.79 Å². The van der Waals surface area contributed by atoms with Gasteiger partial charge in [0.05, 0.1) is 28.3 Å². The molecule has 1 heterocycles. The number of aromatic carboxylic acids is 1. The molecule has 196 valence electrons. The lowest BCUT2D eigenvalue weighted by Crippen LogP contribution is -2.29. The summed E-state index contributed by atoms with van der Waals surface area (Å²) in [7, 11) is 0. The molecule has 0 aromatic heterocycles. The Bertz CT molecular complexity index is 1490. The summed E-state index contributed by atoms with van der Waals surface area (Å²) in [5.41, 5.74) is -4.42. The number of nitrogens with zero attached hydrogens (tertiary/aromatic N) is 1. The third kappa shape index (κ3) is 4.84. The SMILES string of the molecule is O=C1C(=O)N(c2cccc(C(=O)O)c2)[C@@H](c2cccc(C(F)(F)F)c2)/C1=C(\O)c1cccc(C(F)(F)F)c1. The normalized spacial score (nSPS) is 17.6. The highest BCUT2D eigenvalue weighted by Crippen LogP contribution is 2.44. The third-order valence-electron chi connectivity index (χ3n) is 5.81. The van der Waals surface area contributed by atoms with Crippen LogP contribution in [-0.4, -0.2) is 27.9 Å². The maximum atomic E-state index is 13.5. The fourth-order valence-electron chi connectivity index (χ4n) is 4.09. The first kappa shape index (κ1) is 26.5. The van der Waals surface area contributed by atoms with E-state index in [1.807, 2.05) is 0 Å². The molecule has 1 saturated heterocycles. The van der Waals surface area contributed by atoms with Gasteiger partial charge in [0.25, 0.3) is 11.7 Å². The second-order valence-corrected chi connectivity index (χ2v) is 8.23. The second kappa shape index (κ2) is 9.36. The van der Waals surface area contributed by atoms with Gasteiger partial charge in [0.2, 0.25) is 0 Å². The van der Waals surface area contributed by atoms with Gasteiger partial charge in [-0.1, -0.05) is 30.3 Å². The molecule has 1 fully saturated rings. The first-order valence-electron chi connectivity index (χ1n) is 10.7. The number of anilines is 1. The van der Waals surface area contributed by atoms with E-state index in [0.29, 0.717) is 23.1 Å². The Hall–Kier alpha value is -4.61. The molecular formula is C26H15F6NO5. The molecule has 0 unspecified atom stereocenters. The summed E-state index contributed by atoms with van der Waals surface area (Å²) in [6, 6.07) is 9.60. The Kier molecular flexibility index (Phi) is 6.52.